The lowest BCUT2D eigenvalue weighted by Crippen LogP contribution is -2.48. The molecule has 4 aromatic rings. The number of nitrogens with zero attached hydrogens (tertiary/aromatic N) is 3. The van der Waals surface area contributed by atoms with Crippen molar-refractivity contribution in [2.75, 3.05) is 52.1 Å². The van der Waals surface area contributed by atoms with Crippen LogP contribution in [0.1, 0.15) is 33.0 Å². The van der Waals surface area contributed by atoms with Crippen molar-refractivity contribution in [1.29, 1.82) is 0 Å². The second-order valence-electron chi connectivity index (χ2n) is 11.1. The zero-order chi connectivity index (χ0) is 32.3. The molecule has 9 nitrogen and oxygen atoms in total. The second-order valence-corrected chi connectivity index (χ2v) is 11.1. The fraction of sp³-hybridized carbons (Fsp3) is 0.324. The molecule has 0 radical (unpaired) electrons. The fourth-order valence-corrected chi connectivity index (χ4v) is 5.70. The van der Waals surface area contributed by atoms with E-state index in [0.29, 0.717) is 80.3 Å². The number of rotatable bonds is 10. The lowest BCUT2D eigenvalue weighted by atomic mass is 10.1. The monoisotopic (exact) mass is 637 g/mol. The van der Waals surface area contributed by atoms with Gasteiger partial charge in [0, 0.05) is 45.0 Å². The first-order valence-corrected chi connectivity index (χ1v) is 14.8. The molecule has 1 amide bonds. The van der Waals surface area contributed by atoms with Gasteiger partial charge in [-0.1, -0.05) is 18.2 Å². The van der Waals surface area contributed by atoms with Crippen LogP contribution in [-0.2, 0) is 25.8 Å². The summed E-state index contributed by atoms with van der Waals surface area (Å²) in [5.41, 5.74) is 1.82. The quantitative estimate of drug-likeness (QED) is 0.203. The van der Waals surface area contributed by atoms with Crippen LogP contribution in [-0.4, -0.2) is 62.9 Å². The van der Waals surface area contributed by atoms with E-state index in [1.54, 1.807) is 37.3 Å². The molecule has 1 saturated heterocycles. The molecule has 0 atom stereocenters. The van der Waals surface area contributed by atoms with Crippen LogP contribution in [0.4, 0.5) is 18.9 Å². The minimum atomic E-state index is -4.41. The molecule has 2 aliphatic heterocycles. The molecule has 3 heterocycles. The number of carbonyl (C=O) groups is 1. The number of halogens is 3. The molecule has 2 aliphatic rings. The third-order valence-corrected chi connectivity index (χ3v) is 8.05. The Labute approximate surface area is 264 Å². The molecule has 1 fully saturated rings. The Balaban J connectivity index is 1.13. The van der Waals surface area contributed by atoms with Gasteiger partial charge in [0.2, 0.25) is 6.79 Å². The number of amides is 1. The highest BCUT2D eigenvalue weighted by Gasteiger charge is 2.31. The van der Waals surface area contributed by atoms with Gasteiger partial charge in [-0.2, -0.15) is 13.2 Å². The van der Waals surface area contributed by atoms with Crippen LogP contribution < -0.4 is 23.8 Å². The summed E-state index contributed by atoms with van der Waals surface area (Å²) in [5.74, 6) is 3.25. The SMILES string of the molecule is COc1ccc(CN(Cc2ccc3c(c2)OCO3)Cc2ccc(C(=O)N3CCN(c4cccc(C(F)(F)F)c4)CC3)o2)cc1OC. The van der Waals surface area contributed by atoms with Gasteiger partial charge in [-0.05, 0) is 65.7 Å². The van der Waals surface area contributed by atoms with E-state index in [9.17, 15) is 18.0 Å². The van der Waals surface area contributed by atoms with Gasteiger partial charge in [0.25, 0.3) is 5.91 Å². The van der Waals surface area contributed by atoms with Gasteiger partial charge in [-0.25, -0.2) is 0 Å². The number of ether oxygens (including phenoxy) is 4. The molecule has 242 valence electrons. The van der Waals surface area contributed by atoms with Crippen molar-refractivity contribution in [3.63, 3.8) is 0 Å². The third-order valence-electron chi connectivity index (χ3n) is 8.05. The Bertz CT molecular complexity index is 1680. The molecule has 1 aromatic heterocycles. The molecule has 0 bridgehead atoms. The van der Waals surface area contributed by atoms with Crippen LogP contribution in [0.15, 0.2) is 77.2 Å². The summed E-state index contributed by atoms with van der Waals surface area (Å²) in [6.07, 6.45) is -4.41. The first-order valence-electron chi connectivity index (χ1n) is 14.8. The highest BCUT2D eigenvalue weighted by atomic mass is 19.4. The lowest BCUT2D eigenvalue weighted by molar-refractivity contribution is -0.137. The highest BCUT2D eigenvalue weighted by molar-refractivity contribution is 5.91. The summed E-state index contributed by atoms with van der Waals surface area (Å²) in [5, 5.41) is 0. The zero-order valence-corrected chi connectivity index (χ0v) is 25.5. The number of hydrogen-bond acceptors (Lipinski definition) is 8. The van der Waals surface area contributed by atoms with Gasteiger partial charge in [-0.15, -0.1) is 0 Å². The minimum absolute atomic E-state index is 0.192. The number of alkyl halides is 3. The van der Waals surface area contributed by atoms with Crippen molar-refractivity contribution in [2.24, 2.45) is 0 Å². The van der Waals surface area contributed by atoms with E-state index in [1.807, 2.05) is 41.3 Å². The Morgan fingerprint density at radius 3 is 2.26 bits per heavy atom. The van der Waals surface area contributed by atoms with Crippen molar-refractivity contribution in [1.82, 2.24) is 9.80 Å². The first kappa shape index (κ1) is 31.2. The second kappa shape index (κ2) is 13.3. The standard InChI is InChI=1S/C34H34F3N3O6/c1-42-28-9-6-23(16-31(28)43-2)19-38(20-24-7-10-29-32(17-24)45-22-44-29)21-27-8-11-30(46-27)33(41)40-14-12-39(13-15-40)26-5-3-4-25(18-26)34(35,36)37/h3-11,16-18H,12-15,19-22H2,1-2H3. The highest BCUT2D eigenvalue weighted by Crippen LogP contribution is 2.34. The van der Waals surface area contributed by atoms with Gasteiger partial charge in [0.1, 0.15) is 5.76 Å². The number of fused-ring (bicyclic) bond motifs is 1. The van der Waals surface area contributed by atoms with E-state index in [1.165, 1.54) is 6.07 Å². The third kappa shape index (κ3) is 7.02. The molecule has 0 unspecified atom stereocenters. The van der Waals surface area contributed by atoms with Crippen molar-refractivity contribution in [3.05, 3.63) is 101 Å². The number of furan rings is 1. The smallest absolute Gasteiger partial charge is 0.416 e. The minimum Gasteiger partial charge on any atom is -0.493 e. The largest absolute Gasteiger partial charge is 0.493 e. The summed E-state index contributed by atoms with van der Waals surface area (Å²) in [6.45, 7) is 3.27. The van der Waals surface area contributed by atoms with E-state index >= 15 is 0 Å². The fourth-order valence-electron chi connectivity index (χ4n) is 5.70. The van der Waals surface area contributed by atoms with Crippen molar-refractivity contribution < 1.29 is 41.3 Å². The molecule has 0 N–H and O–H groups in total. The molecule has 0 aliphatic carbocycles. The average Bonchev–Trinajstić information content (AvgIpc) is 3.73. The van der Waals surface area contributed by atoms with Crippen molar-refractivity contribution in [3.8, 4) is 23.0 Å². The summed E-state index contributed by atoms with van der Waals surface area (Å²) in [6, 6.07) is 20.3. The summed E-state index contributed by atoms with van der Waals surface area (Å²) in [7, 11) is 3.19. The topological polar surface area (TPSA) is 76.9 Å². The van der Waals surface area contributed by atoms with Crippen LogP contribution in [0.25, 0.3) is 0 Å². The molecular weight excluding hydrogens is 603 g/mol. The number of anilines is 1. The number of piperazine rings is 1. The Morgan fingerprint density at radius 1 is 0.804 bits per heavy atom. The molecule has 46 heavy (non-hydrogen) atoms. The van der Waals surface area contributed by atoms with Crippen molar-refractivity contribution >= 4 is 11.6 Å². The van der Waals surface area contributed by atoms with E-state index in [2.05, 4.69) is 4.90 Å². The Hall–Kier alpha value is -4.84. The molecule has 6 rings (SSSR count). The molecule has 12 heteroatoms. The predicted octanol–water partition coefficient (Wildman–Crippen LogP) is 6.21. The van der Waals surface area contributed by atoms with Crippen LogP contribution in [0, 0.1) is 0 Å². The van der Waals surface area contributed by atoms with Crippen LogP contribution >= 0.6 is 0 Å². The van der Waals surface area contributed by atoms with E-state index < -0.39 is 11.7 Å². The van der Waals surface area contributed by atoms with Gasteiger partial charge in [0.15, 0.2) is 28.8 Å². The number of benzene rings is 3. The van der Waals surface area contributed by atoms with Crippen LogP contribution in [0.3, 0.4) is 0 Å². The predicted molar refractivity (Wildman–Crippen MR) is 163 cm³/mol. The van der Waals surface area contributed by atoms with Gasteiger partial charge < -0.3 is 33.2 Å². The van der Waals surface area contributed by atoms with Gasteiger partial charge in [-0.3, -0.25) is 9.69 Å². The van der Waals surface area contributed by atoms with E-state index in [0.717, 1.165) is 23.3 Å². The Kier molecular flexibility index (Phi) is 8.98. The average molecular weight is 638 g/mol. The maximum Gasteiger partial charge on any atom is 0.416 e. The molecule has 0 spiro atoms. The molecular formula is C34H34F3N3O6. The van der Waals surface area contributed by atoms with Gasteiger partial charge in [0.05, 0.1) is 26.3 Å². The summed E-state index contributed by atoms with van der Waals surface area (Å²) >= 11 is 0. The first-order chi connectivity index (χ1) is 22.2. The van der Waals surface area contributed by atoms with Crippen LogP contribution in [0.2, 0.25) is 0 Å². The Morgan fingerprint density at radius 2 is 1.52 bits per heavy atom. The number of carbonyl (C=O) groups excluding carboxylic acids is 1. The maximum atomic E-state index is 13.3. The zero-order valence-electron chi connectivity index (χ0n) is 25.5. The summed E-state index contributed by atoms with van der Waals surface area (Å²) in [4.78, 5) is 19.1. The van der Waals surface area contributed by atoms with Crippen molar-refractivity contribution in [2.45, 2.75) is 25.8 Å². The normalized spacial score (nSPS) is 14.6. The van der Waals surface area contributed by atoms with E-state index in [-0.39, 0.29) is 18.5 Å². The maximum absolute atomic E-state index is 13.3. The van der Waals surface area contributed by atoms with Gasteiger partial charge >= 0.3 is 6.18 Å². The van der Waals surface area contributed by atoms with E-state index in [4.69, 9.17) is 23.4 Å². The lowest BCUT2D eigenvalue weighted by Gasteiger charge is -2.36. The molecule has 0 saturated carbocycles. The van der Waals surface area contributed by atoms with Crippen LogP contribution in [0.5, 0.6) is 23.0 Å². The number of hydrogen-bond donors (Lipinski definition) is 0. The molecule has 3 aromatic carbocycles. The summed E-state index contributed by atoms with van der Waals surface area (Å²) < 4.78 is 67.6. The number of methoxy groups -OCH3 is 2.